The van der Waals surface area contributed by atoms with Crippen LogP contribution in [0.3, 0.4) is 0 Å². The van der Waals surface area contributed by atoms with E-state index < -0.39 is 12.0 Å². The monoisotopic (exact) mass is 225 g/mol. The molecule has 0 spiro atoms. The summed E-state index contributed by atoms with van der Waals surface area (Å²) in [5.74, 6) is -0.582. The molecule has 0 aliphatic carbocycles. The van der Waals surface area contributed by atoms with Crippen LogP contribution in [0.15, 0.2) is 18.3 Å². The molecule has 1 aromatic heterocycles. The predicted molar refractivity (Wildman–Crippen MR) is 59.1 cm³/mol. The molecule has 0 aliphatic heterocycles. The minimum atomic E-state index is -0.602. The fraction of sp³-hybridized carbons (Fsp3) is 0.400. The fourth-order valence-electron chi connectivity index (χ4n) is 1.16. The number of methoxy groups -OCH3 is 1. The van der Waals surface area contributed by atoms with Crippen molar-refractivity contribution in [1.82, 2.24) is 4.98 Å². The molecule has 0 bridgehead atoms. The van der Waals surface area contributed by atoms with Crippen molar-refractivity contribution in [3.63, 3.8) is 0 Å². The van der Waals surface area contributed by atoms with E-state index >= 15 is 0 Å². The molecule has 0 saturated heterocycles. The van der Waals surface area contributed by atoms with E-state index in [-0.39, 0.29) is 12.3 Å². The van der Waals surface area contributed by atoms with Gasteiger partial charge in [-0.1, -0.05) is 0 Å². The van der Waals surface area contributed by atoms with Gasteiger partial charge in [0, 0.05) is 25.5 Å². The van der Waals surface area contributed by atoms with Crippen LogP contribution in [0.1, 0.15) is 10.5 Å². The minimum absolute atomic E-state index is 0.186. The molecule has 0 fully saturated rings. The summed E-state index contributed by atoms with van der Waals surface area (Å²) in [4.78, 5) is 14.7. The van der Waals surface area contributed by atoms with Gasteiger partial charge in [0.15, 0.2) is 0 Å². The number of hydrogen-bond donors (Lipinski definition) is 3. The van der Waals surface area contributed by atoms with E-state index in [1.54, 1.807) is 6.07 Å². The molecule has 0 aliphatic rings. The lowest BCUT2D eigenvalue weighted by Crippen LogP contribution is -2.24. The molecule has 0 aromatic carbocycles. The number of aromatic nitrogens is 1. The Balaban J connectivity index is 2.54. The van der Waals surface area contributed by atoms with Gasteiger partial charge in [0.25, 0.3) is 5.91 Å². The van der Waals surface area contributed by atoms with Gasteiger partial charge in [-0.3, -0.25) is 9.78 Å². The third-order valence-corrected chi connectivity index (χ3v) is 1.91. The van der Waals surface area contributed by atoms with Gasteiger partial charge in [0.05, 0.1) is 12.7 Å². The Bertz CT molecular complexity index is 357. The van der Waals surface area contributed by atoms with Crippen LogP contribution in [0.4, 0.5) is 5.69 Å². The van der Waals surface area contributed by atoms with E-state index in [4.69, 9.17) is 10.5 Å². The zero-order chi connectivity index (χ0) is 12.0. The zero-order valence-corrected chi connectivity index (χ0v) is 9.01. The maximum absolute atomic E-state index is 10.9. The lowest BCUT2D eigenvalue weighted by molar-refractivity contribution is 0.0727. The molecule has 6 nitrogen and oxygen atoms in total. The number of nitrogens with one attached hydrogen (secondary N) is 1. The number of carbonyl (C=O) groups is 1. The Morgan fingerprint density at radius 2 is 2.50 bits per heavy atom. The summed E-state index contributed by atoms with van der Waals surface area (Å²) in [6.45, 7) is 0.580. The molecule has 88 valence electrons. The molecule has 1 unspecified atom stereocenters. The molecule has 1 atom stereocenters. The van der Waals surface area contributed by atoms with Gasteiger partial charge < -0.3 is 20.9 Å². The van der Waals surface area contributed by atoms with Gasteiger partial charge in [-0.2, -0.15) is 0 Å². The third kappa shape index (κ3) is 3.84. The summed E-state index contributed by atoms with van der Waals surface area (Å²) in [5.41, 5.74) is 5.95. The number of nitrogens with two attached hydrogens (primary N) is 1. The second-order valence-electron chi connectivity index (χ2n) is 3.28. The number of ether oxygens (including phenoxy) is 1. The number of aliphatic hydroxyl groups is 1. The number of primary amides is 1. The van der Waals surface area contributed by atoms with Crippen LogP contribution in [-0.4, -0.2) is 42.4 Å². The Morgan fingerprint density at radius 1 is 1.75 bits per heavy atom. The topological polar surface area (TPSA) is 97.5 Å². The van der Waals surface area contributed by atoms with Crippen LogP contribution in [0.25, 0.3) is 0 Å². The van der Waals surface area contributed by atoms with Crippen molar-refractivity contribution in [2.75, 3.05) is 25.6 Å². The number of aliphatic hydroxyl groups excluding tert-OH is 1. The van der Waals surface area contributed by atoms with Gasteiger partial charge in [0.2, 0.25) is 0 Å². The predicted octanol–water partition coefficient (Wildman–Crippen LogP) is -0.400. The SMILES string of the molecule is COCC(O)CNc1ccnc(C(N)=O)c1. The van der Waals surface area contributed by atoms with Crippen molar-refractivity contribution in [3.05, 3.63) is 24.0 Å². The third-order valence-electron chi connectivity index (χ3n) is 1.91. The highest BCUT2D eigenvalue weighted by molar-refractivity contribution is 5.91. The average Bonchev–Trinajstić information content (AvgIpc) is 2.27. The van der Waals surface area contributed by atoms with Crippen molar-refractivity contribution < 1.29 is 14.6 Å². The maximum Gasteiger partial charge on any atom is 0.267 e. The van der Waals surface area contributed by atoms with E-state index in [0.717, 1.165) is 0 Å². The lowest BCUT2D eigenvalue weighted by Gasteiger charge is -2.11. The van der Waals surface area contributed by atoms with E-state index in [0.29, 0.717) is 12.2 Å². The number of rotatable bonds is 6. The lowest BCUT2D eigenvalue weighted by atomic mass is 10.3. The van der Waals surface area contributed by atoms with E-state index in [9.17, 15) is 9.90 Å². The Morgan fingerprint density at radius 3 is 3.12 bits per heavy atom. The molecule has 1 rings (SSSR count). The Kier molecular flexibility index (Phi) is 4.68. The van der Waals surface area contributed by atoms with Crippen LogP contribution in [0.2, 0.25) is 0 Å². The smallest absolute Gasteiger partial charge is 0.267 e. The molecule has 1 aromatic rings. The molecular weight excluding hydrogens is 210 g/mol. The second-order valence-corrected chi connectivity index (χ2v) is 3.28. The number of amides is 1. The highest BCUT2D eigenvalue weighted by Crippen LogP contribution is 2.07. The van der Waals surface area contributed by atoms with Crippen LogP contribution < -0.4 is 11.1 Å². The number of anilines is 1. The quantitative estimate of drug-likeness (QED) is 0.612. The van der Waals surface area contributed by atoms with Crippen LogP contribution in [-0.2, 0) is 4.74 Å². The van der Waals surface area contributed by atoms with E-state index in [1.807, 2.05) is 0 Å². The largest absolute Gasteiger partial charge is 0.389 e. The maximum atomic E-state index is 10.9. The molecule has 0 radical (unpaired) electrons. The normalized spacial score (nSPS) is 12.1. The highest BCUT2D eigenvalue weighted by Gasteiger charge is 2.05. The second kappa shape index (κ2) is 6.04. The average molecular weight is 225 g/mol. The minimum Gasteiger partial charge on any atom is -0.389 e. The summed E-state index contributed by atoms with van der Waals surface area (Å²) in [5, 5.41) is 12.3. The first-order chi connectivity index (χ1) is 7.63. The summed E-state index contributed by atoms with van der Waals surface area (Å²) < 4.78 is 4.78. The van der Waals surface area contributed by atoms with Gasteiger partial charge in [-0.05, 0) is 12.1 Å². The molecule has 4 N–H and O–H groups in total. The highest BCUT2D eigenvalue weighted by atomic mass is 16.5. The van der Waals surface area contributed by atoms with Crippen LogP contribution >= 0.6 is 0 Å². The van der Waals surface area contributed by atoms with Gasteiger partial charge in [-0.15, -0.1) is 0 Å². The number of carbonyl (C=O) groups excluding carboxylic acids is 1. The Labute approximate surface area is 93.4 Å². The van der Waals surface area contributed by atoms with Crippen LogP contribution in [0.5, 0.6) is 0 Å². The number of nitrogens with zero attached hydrogens (tertiary/aromatic N) is 1. The van der Waals surface area contributed by atoms with Crippen molar-refractivity contribution in [1.29, 1.82) is 0 Å². The molecule has 6 heteroatoms. The molecule has 1 amide bonds. The molecule has 0 saturated carbocycles. The summed E-state index contributed by atoms with van der Waals surface area (Å²) in [6, 6.07) is 3.22. The van der Waals surface area contributed by atoms with Crippen molar-refractivity contribution >= 4 is 11.6 Å². The first kappa shape index (κ1) is 12.4. The fourth-order valence-corrected chi connectivity index (χ4v) is 1.16. The Hall–Kier alpha value is -1.66. The van der Waals surface area contributed by atoms with Crippen molar-refractivity contribution in [2.45, 2.75) is 6.10 Å². The van der Waals surface area contributed by atoms with Crippen molar-refractivity contribution in [2.24, 2.45) is 5.73 Å². The summed E-state index contributed by atoms with van der Waals surface area (Å²) >= 11 is 0. The van der Waals surface area contributed by atoms with E-state index in [2.05, 4.69) is 10.3 Å². The number of hydrogen-bond acceptors (Lipinski definition) is 5. The molecular formula is C10H15N3O3. The number of pyridine rings is 1. The standard InChI is InChI=1S/C10H15N3O3/c1-16-6-8(14)5-13-7-2-3-12-9(4-7)10(11)15/h2-4,8,14H,5-6H2,1H3,(H2,11,15)(H,12,13). The van der Waals surface area contributed by atoms with E-state index in [1.165, 1.54) is 19.4 Å². The molecule has 16 heavy (non-hydrogen) atoms. The van der Waals surface area contributed by atoms with Gasteiger partial charge in [0.1, 0.15) is 5.69 Å². The first-order valence-corrected chi connectivity index (χ1v) is 4.80. The zero-order valence-electron chi connectivity index (χ0n) is 9.01. The van der Waals surface area contributed by atoms with Crippen LogP contribution in [0, 0.1) is 0 Å². The van der Waals surface area contributed by atoms with Gasteiger partial charge in [-0.25, -0.2) is 0 Å². The summed E-state index contributed by atoms with van der Waals surface area (Å²) in [7, 11) is 1.51. The summed E-state index contributed by atoms with van der Waals surface area (Å²) in [6.07, 6.45) is 0.876. The molecule has 1 heterocycles. The van der Waals surface area contributed by atoms with Crippen molar-refractivity contribution in [3.8, 4) is 0 Å². The van der Waals surface area contributed by atoms with Gasteiger partial charge >= 0.3 is 0 Å². The first-order valence-electron chi connectivity index (χ1n) is 4.80.